The molecule has 2 aromatic heterocycles. The number of pyridine rings is 2. The van der Waals surface area contributed by atoms with Gasteiger partial charge in [-0.2, -0.15) is 0 Å². The molecule has 2 heterocycles. The number of aryl methyl sites for hydroxylation is 2. The van der Waals surface area contributed by atoms with Crippen LogP contribution in [0.5, 0.6) is 23.0 Å². The van der Waals surface area contributed by atoms with Crippen LogP contribution in [0.4, 0.5) is 0 Å². The van der Waals surface area contributed by atoms with E-state index in [1.807, 2.05) is 62.4 Å². The van der Waals surface area contributed by atoms with Crippen LogP contribution in [-0.2, 0) is 21.1 Å². The zero-order chi connectivity index (χ0) is 24.5. The number of hydrogen-bond acceptors (Lipinski definition) is 6. The molecule has 0 fully saturated rings. The van der Waals surface area contributed by atoms with Gasteiger partial charge in [0.1, 0.15) is 11.5 Å². The summed E-state index contributed by atoms with van der Waals surface area (Å²) < 4.78 is 20.7. The Balaban J connectivity index is 0.000000240. The number of aromatic nitrogens is 2. The van der Waals surface area contributed by atoms with Gasteiger partial charge in [-0.3, -0.25) is 0 Å². The van der Waals surface area contributed by atoms with Crippen LogP contribution in [0, 0.1) is 26.0 Å². The molecule has 6 nitrogen and oxygen atoms in total. The molecule has 4 aromatic rings. The molecule has 0 atom stereocenters. The SMILES string of the molecule is COc1ccnc(-c2[c-]cc(OC)cc2C)c1.COc1ccnc(-c2[c-]cc(OC)cc2C)c1.[Pt+2]. The fraction of sp³-hybridized carbons (Fsp3) is 0.214. The van der Waals surface area contributed by atoms with Crippen molar-refractivity contribution in [2.45, 2.75) is 13.8 Å². The second-order valence-electron chi connectivity index (χ2n) is 7.36. The molecule has 4 rings (SSSR count). The number of nitrogens with zero attached hydrogens (tertiary/aromatic N) is 2. The Morgan fingerprint density at radius 2 is 0.943 bits per heavy atom. The van der Waals surface area contributed by atoms with Gasteiger partial charge in [0, 0.05) is 23.9 Å². The van der Waals surface area contributed by atoms with Gasteiger partial charge in [0.05, 0.1) is 28.4 Å². The summed E-state index contributed by atoms with van der Waals surface area (Å²) in [5.41, 5.74) is 5.78. The van der Waals surface area contributed by atoms with Crippen molar-refractivity contribution in [3.63, 3.8) is 0 Å². The van der Waals surface area contributed by atoms with Crippen molar-refractivity contribution in [3.05, 3.63) is 84.2 Å². The largest absolute Gasteiger partial charge is 2.00 e. The average Bonchev–Trinajstić information content (AvgIpc) is 2.88. The van der Waals surface area contributed by atoms with E-state index >= 15 is 0 Å². The fourth-order valence-electron chi connectivity index (χ4n) is 3.31. The molecule has 0 aliphatic carbocycles. The Bertz CT molecular complexity index is 1150. The van der Waals surface area contributed by atoms with Gasteiger partial charge in [-0.1, -0.05) is 13.8 Å². The first kappa shape index (κ1) is 27.9. The Morgan fingerprint density at radius 3 is 1.26 bits per heavy atom. The predicted molar refractivity (Wildman–Crippen MR) is 133 cm³/mol. The molecular formula is C28H28N2O4Pt. The molecule has 0 aliphatic rings. The zero-order valence-electron chi connectivity index (χ0n) is 20.6. The molecule has 7 heteroatoms. The van der Waals surface area contributed by atoms with Crippen LogP contribution in [0.2, 0.25) is 0 Å². The van der Waals surface area contributed by atoms with Crippen molar-refractivity contribution in [1.29, 1.82) is 0 Å². The van der Waals surface area contributed by atoms with E-state index < -0.39 is 0 Å². The maximum absolute atomic E-state index is 5.18. The van der Waals surface area contributed by atoms with E-state index in [1.54, 1.807) is 40.8 Å². The minimum Gasteiger partial charge on any atom is -0.540 e. The quantitative estimate of drug-likeness (QED) is 0.248. The van der Waals surface area contributed by atoms with Crippen molar-refractivity contribution >= 4 is 0 Å². The fourth-order valence-corrected chi connectivity index (χ4v) is 3.31. The van der Waals surface area contributed by atoms with Crippen LogP contribution in [0.15, 0.2) is 60.9 Å². The minimum atomic E-state index is 0. The summed E-state index contributed by atoms with van der Waals surface area (Å²) in [5.74, 6) is 3.18. The summed E-state index contributed by atoms with van der Waals surface area (Å²) in [7, 11) is 6.57. The van der Waals surface area contributed by atoms with Crippen molar-refractivity contribution < 1.29 is 40.0 Å². The molecule has 0 N–H and O–H groups in total. The molecule has 0 aliphatic heterocycles. The average molecular weight is 652 g/mol. The third kappa shape index (κ3) is 7.30. The summed E-state index contributed by atoms with van der Waals surface area (Å²) in [6, 6.07) is 21.3. The van der Waals surface area contributed by atoms with Gasteiger partial charge in [-0.25, -0.2) is 0 Å². The molecule has 184 valence electrons. The van der Waals surface area contributed by atoms with Crippen LogP contribution in [0.1, 0.15) is 11.1 Å². The second kappa shape index (κ2) is 13.5. The van der Waals surface area contributed by atoms with Crippen molar-refractivity contribution in [1.82, 2.24) is 9.97 Å². The number of benzene rings is 2. The molecule has 0 saturated carbocycles. The molecule has 0 radical (unpaired) electrons. The first-order valence-electron chi connectivity index (χ1n) is 10.6. The Morgan fingerprint density at radius 1 is 0.571 bits per heavy atom. The van der Waals surface area contributed by atoms with E-state index in [2.05, 4.69) is 22.1 Å². The molecule has 2 aromatic carbocycles. The summed E-state index contributed by atoms with van der Waals surface area (Å²) in [6.07, 6.45) is 3.46. The molecule has 0 bridgehead atoms. The molecule has 0 amide bonds. The first-order valence-corrected chi connectivity index (χ1v) is 10.6. The van der Waals surface area contributed by atoms with E-state index in [0.29, 0.717) is 0 Å². The van der Waals surface area contributed by atoms with Crippen molar-refractivity contribution in [2.24, 2.45) is 0 Å². The zero-order valence-corrected chi connectivity index (χ0v) is 22.9. The normalized spacial score (nSPS) is 9.77. The van der Waals surface area contributed by atoms with E-state index in [0.717, 1.165) is 56.6 Å². The maximum Gasteiger partial charge on any atom is 2.00 e. The van der Waals surface area contributed by atoms with Crippen LogP contribution in [-0.4, -0.2) is 38.4 Å². The minimum absolute atomic E-state index is 0. The standard InChI is InChI=1S/2C14H14NO2.Pt/c2*1-10-8-11(16-2)4-5-13(10)14-9-12(17-3)6-7-15-14;/h2*4,6-9H,1-3H3;/q2*-1;+2. The Hall–Kier alpha value is -3.37. The Labute approximate surface area is 221 Å². The van der Waals surface area contributed by atoms with Crippen LogP contribution >= 0.6 is 0 Å². The third-order valence-electron chi connectivity index (χ3n) is 5.14. The molecular weight excluding hydrogens is 623 g/mol. The number of methoxy groups -OCH3 is 4. The van der Waals surface area contributed by atoms with E-state index in [-0.39, 0.29) is 21.1 Å². The van der Waals surface area contributed by atoms with Gasteiger partial charge < -0.3 is 28.9 Å². The molecule has 0 unspecified atom stereocenters. The first-order chi connectivity index (χ1) is 16.5. The van der Waals surface area contributed by atoms with Crippen LogP contribution < -0.4 is 18.9 Å². The third-order valence-corrected chi connectivity index (χ3v) is 5.14. The number of rotatable bonds is 6. The predicted octanol–water partition coefficient (Wildman–Crippen LogP) is 5.75. The summed E-state index contributed by atoms with van der Waals surface area (Å²) in [5, 5.41) is 0. The van der Waals surface area contributed by atoms with Gasteiger partial charge in [-0.05, 0) is 35.7 Å². The van der Waals surface area contributed by atoms with Crippen LogP contribution in [0.3, 0.4) is 0 Å². The van der Waals surface area contributed by atoms with Crippen molar-refractivity contribution in [3.8, 4) is 45.5 Å². The molecule has 0 saturated heterocycles. The van der Waals surface area contributed by atoms with Gasteiger partial charge in [0.25, 0.3) is 0 Å². The van der Waals surface area contributed by atoms with Gasteiger partial charge in [0.15, 0.2) is 0 Å². The summed E-state index contributed by atoms with van der Waals surface area (Å²) >= 11 is 0. The Kier molecular flexibility index (Phi) is 10.7. The second-order valence-corrected chi connectivity index (χ2v) is 7.36. The molecule has 35 heavy (non-hydrogen) atoms. The van der Waals surface area contributed by atoms with E-state index in [1.165, 1.54) is 0 Å². The summed E-state index contributed by atoms with van der Waals surface area (Å²) in [6.45, 7) is 4.02. The van der Waals surface area contributed by atoms with Gasteiger partial charge in [-0.15, -0.1) is 58.7 Å². The topological polar surface area (TPSA) is 62.7 Å². The number of ether oxygens (including phenoxy) is 4. The summed E-state index contributed by atoms with van der Waals surface area (Å²) in [4.78, 5) is 8.64. The van der Waals surface area contributed by atoms with E-state index in [9.17, 15) is 0 Å². The van der Waals surface area contributed by atoms with Gasteiger partial charge >= 0.3 is 21.1 Å². The smallest absolute Gasteiger partial charge is 0.540 e. The molecule has 0 spiro atoms. The van der Waals surface area contributed by atoms with Crippen molar-refractivity contribution in [2.75, 3.05) is 28.4 Å². The maximum atomic E-state index is 5.18. The number of hydrogen-bond donors (Lipinski definition) is 0. The van der Waals surface area contributed by atoms with Crippen LogP contribution in [0.25, 0.3) is 22.5 Å². The van der Waals surface area contributed by atoms with Gasteiger partial charge in [0.2, 0.25) is 0 Å². The van der Waals surface area contributed by atoms with E-state index in [4.69, 9.17) is 18.9 Å². The monoisotopic (exact) mass is 651 g/mol.